The van der Waals surface area contributed by atoms with Gasteiger partial charge in [-0.05, 0) is 114 Å². The zero-order valence-electron chi connectivity index (χ0n) is 53.7. The number of aliphatic carboxylic acids is 4. The van der Waals surface area contributed by atoms with E-state index in [1.54, 1.807) is 31.2 Å². The molecule has 0 bridgehead atoms. The normalized spacial score (nSPS) is 15.5. The van der Waals surface area contributed by atoms with Crippen molar-refractivity contribution < 1.29 is 82.5 Å². The van der Waals surface area contributed by atoms with Crippen molar-refractivity contribution in [3.05, 3.63) is 72.9 Å². The molecule has 0 aromatic heterocycles. The molecule has 17 nitrogen and oxygen atoms in total. The second-order valence-electron chi connectivity index (χ2n) is 22.9. The van der Waals surface area contributed by atoms with Crippen LogP contribution in [0.5, 0.6) is 0 Å². The van der Waals surface area contributed by atoms with Crippen LogP contribution in [0.3, 0.4) is 0 Å². The summed E-state index contributed by atoms with van der Waals surface area (Å²) in [6, 6.07) is 0. The summed E-state index contributed by atoms with van der Waals surface area (Å²) in [5.74, 6) is -11.6. The summed E-state index contributed by atoms with van der Waals surface area (Å²) in [7, 11) is 0. The molecular weight excluding hydrogens is 1180 g/mol. The number of rotatable bonds is 56. The van der Waals surface area contributed by atoms with Crippen LogP contribution in [0.1, 0.15) is 252 Å². The summed E-state index contributed by atoms with van der Waals surface area (Å²) < 4.78 is 21.5. The van der Waals surface area contributed by atoms with E-state index in [2.05, 4.69) is 26.0 Å². The van der Waals surface area contributed by atoms with E-state index in [4.69, 9.17) is 18.9 Å². The van der Waals surface area contributed by atoms with Crippen LogP contribution in [-0.2, 0) is 62.1 Å². The molecule has 0 saturated carbocycles. The first-order valence-electron chi connectivity index (χ1n) is 32.6. The van der Waals surface area contributed by atoms with E-state index < -0.39 is 102 Å². The number of cyclic esters (lactones) is 2. The summed E-state index contributed by atoms with van der Waals surface area (Å²) in [5, 5.41) is 45.6. The third-order valence-corrected chi connectivity index (χ3v) is 15.5. The van der Waals surface area contributed by atoms with Crippen LogP contribution in [0.25, 0.3) is 0 Å². The number of allylic oxidation sites excluding steroid dienone is 12. The Balaban J connectivity index is 0. The number of unbranched alkanes of at least 4 members (excludes halogenated alkanes) is 21. The number of hydrogen-bond donors (Lipinski definition) is 0. The Morgan fingerprint density at radius 3 is 1.47 bits per heavy atom. The van der Waals surface area contributed by atoms with Crippen molar-refractivity contribution in [1.29, 1.82) is 0 Å². The maximum Gasteiger partial charge on any atom is 2.00 e. The van der Waals surface area contributed by atoms with E-state index in [1.807, 2.05) is 36.5 Å². The van der Waals surface area contributed by atoms with E-state index in [9.17, 15) is 63.6 Å². The average molecular weight is 1290 g/mol. The molecule has 1 saturated heterocycles. The first-order chi connectivity index (χ1) is 41.5. The zero-order valence-corrected chi connectivity index (χ0v) is 58.1. The van der Waals surface area contributed by atoms with Crippen LogP contribution in [-0.4, -0.2) is 149 Å². The van der Waals surface area contributed by atoms with Gasteiger partial charge in [-0.25, -0.2) is 0 Å². The molecule has 19 heteroatoms. The predicted octanol–water partition coefficient (Wildman–Crippen LogP) is 9.44. The van der Waals surface area contributed by atoms with Gasteiger partial charge in [0, 0.05) is 55.0 Å². The Morgan fingerprint density at radius 2 is 0.943 bits per heavy atom. The first-order valence-corrected chi connectivity index (χ1v) is 32.6. The minimum Gasteiger partial charge on any atom is -0.550 e. The molecule has 0 N–H and O–H groups in total. The van der Waals surface area contributed by atoms with Gasteiger partial charge in [0.15, 0.2) is 6.10 Å². The van der Waals surface area contributed by atoms with Crippen LogP contribution < -0.4 is 20.4 Å². The predicted molar refractivity (Wildman–Crippen MR) is 333 cm³/mol. The minimum absolute atomic E-state index is 0. The number of carboxylic acid groups (broad SMARTS) is 4. The van der Waals surface area contributed by atoms with E-state index in [-0.39, 0.29) is 120 Å². The summed E-state index contributed by atoms with van der Waals surface area (Å²) in [5.41, 5.74) is 0. The van der Waals surface area contributed by atoms with Crippen molar-refractivity contribution in [1.82, 2.24) is 0 Å². The Kier molecular flexibility index (Phi) is 57.4. The molecular formula is C69H104Ca2O17. The van der Waals surface area contributed by atoms with Gasteiger partial charge >= 0.3 is 105 Å². The molecule has 88 heavy (non-hydrogen) atoms. The first kappa shape index (κ1) is 86.5. The van der Waals surface area contributed by atoms with Crippen LogP contribution in [0.2, 0.25) is 0 Å². The number of carbonyl (C=O) groups excluding carboxylic acids is 9. The number of esters is 5. The van der Waals surface area contributed by atoms with E-state index >= 15 is 0 Å². The standard InChI is InChI=1S/C69H108O17.2Ca/c1-4-7-9-10-26-35-43-55(59(68(80)81)50-62(72)73)44-36-29-24-25-32-40-48-65(76)85-57(52-83-63(74)46-38-30-22-18-14-12-11-13-16-20-27-34-41-54(6-3)58(67(78)79)49-61(70)71)53-84-64(75)47-39-31-23-19-15-17-21-28-37-45-56(42-33-8-5-2)60-51-66(77)86-69(60)82;;/h11,13,20-21,27-28,34,36-37,41,44-45,54-60H,4-10,12,14-19,22-26,29-33,35,38-40,42-43,46-53H2,1-3H3,(H,70,71)(H,72,73)(H,78,79)(H,80,81);;/q;2*+2/p-4/b13-11-,27-20-,28-21-,41-34+,44-36+,45-37+;;. The maximum absolute atomic E-state index is 13.0. The molecule has 0 amide bonds. The SMILES string of the molecule is CCCCCCCCC(/C=C/CCCCCCC(=O)OC(COC(=O)CCCCCCC/C=C\C=C\C(CCCCC)C1CC(=O)OC1=O)COC(=O)CCCCCCC/C=C\C/C=C\C=C\C(CC)C(CC(=O)[O-])C(=O)[O-])C(CC(=O)[O-])C(=O)[O-].[Ca+2].[Ca+2]. The van der Waals surface area contributed by atoms with Gasteiger partial charge in [0.2, 0.25) is 0 Å². The van der Waals surface area contributed by atoms with Gasteiger partial charge in [0.05, 0.1) is 12.3 Å². The molecule has 7 atom stereocenters. The molecule has 0 aromatic carbocycles. The van der Waals surface area contributed by atoms with Gasteiger partial charge in [0.25, 0.3) is 0 Å². The molecule has 0 aromatic rings. The quantitative estimate of drug-likeness (QED) is 0.0104. The van der Waals surface area contributed by atoms with E-state index in [0.717, 1.165) is 148 Å². The molecule has 1 fully saturated rings. The van der Waals surface area contributed by atoms with Crippen molar-refractivity contribution in [2.45, 2.75) is 258 Å². The van der Waals surface area contributed by atoms with Gasteiger partial charge in [0.1, 0.15) is 13.2 Å². The molecule has 1 aliphatic rings. The third kappa shape index (κ3) is 47.3. The van der Waals surface area contributed by atoms with Gasteiger partial charge in [-0.15, -0.1) is 0 Å². The van der Waals surface area contributed by atoms with Gasteiger partial charge in [-0.3, -0.25) is 24.0 Å². The number of hydrogen-bond acceptors (Lipinski definition) is 17. The summed E-state index contributed by atoms with van der Waals surface area (Å²) in [6.07, 6.45) is 47.2. The number of carboxylic acids is 4. The molecule has 1 aliphatic heterocycles. The Bertz CT molecular complexity index is 2130. The van der Waals surface area contributed by atoms with Crippen LogP contribution in [0.15, 0.2) is 72.9 Å². The summed E-state index contributed by atoms with van der Waals surface area (Å²) >= 11 is 0. The summed E-state index contributed by atoms with van der Waals surface area (Å²) in [4.78, 5) is 108. The number of carbonyl (C=O) groups is 9. The van der Waals surface area contributed by atoms with Gasteiger partial charge < -0.3 is 58.6 Å². The molecule has 0 radical (unpaired) electrons. The Morgan fingerprint density at radius 1 is 0.489 bits per heavy atom. The fourth-order valence-corrected chi connectivity index (χ4v) is 10.4. The van der Waals surface area contributed by atoms with Crippen LogP contribution >= 0.6 is 0 Å². The van der Waals surface area contributed by atoms with Crippen molar-refractivity contribution in [2.24, 2.45) is 35.5 Å². The molecule has 7 unspecified atom stereocenters. The molecule has 0 aliphatic carbocycles. The Labute approximate surface area is 586 Å². The fourth-order valence-electron chi connectivity index (χ4n) is 10.4. The average Bonchev–Trinajstić information content (AvgIpc) is 4.05. The van der Waals surface area contributed by atoms with Crippen molar-refractivity contribution >= 4 is 129 Å². The Hall–Kier alpha value is -3.61. The third-order valence-electron chi connectivity index (χ3n) is 15.5. The second-order valence-corrected chi connectivity index (χ2v) is 22.9. The maximum atomic E-state index is 13.0. The van der Waals surface area contributed by atoms with E-state index in [0.29, 0.717) is 44.9 Å². The van der Waals surface area contributed by atoms with Crippen molar-refractivity contribution in [2.75, 3.05) is 13.2 Å². The molecule has 1 heterocycles. The zero-order chi connectivity index (χ0) is 63.4. The largest absolute Gasteiger partial charge is 2.00 e. The van der Waals surface area contributed by atoms with Crippen molar-refractivity contribution in [3.63, 3.8) is 0 Å². The number of ether oxygens (including phenoxy) is 4. The smallest absolute Gasteiger partial charge is 0.550 e. The molecule has 0 spiro atoms. The monoisotopic (exact) mass is 1280 g/mol. The molecule has 1 rings (SSSR count). The topological polar surface area (TPSA) is 283 Å². The van der Waals surface area contributed by atoms with Gasteiger partial charge in [-0.1, -0.05) is 203 Å². The molecule has 486 valence electrons. The minimum atomic E-state index is -1.42. The van der Waals surface area contributed by atoms with E-state index in [1.165, 1.54) is 0 Å². The van der Waals surface area contributed by atoms with Crippen molar-refractivity contribution in [3.8, 4) is 0 Å². The van der Waals surface area contributed by atoms with Crippen LogP contribution in [0.4, 0.5) is 0 Å². The summed E-state index contributed by atoms with van der Waals surface area (Å²) in [6.45, 7) is 5.54. The van der Waals surface area contributed by atoms with Gasteiger partial charge in [-0.2, -0.15) is 0 Å². The van der Waals surface area contributed by atoms with Crippen LogP contribution in [0, 0.1) is 35.5 Å². The second kappa shape index (κ2) is 58.5. The fraction of sp³-hybridized carbons (Fsp3) is 0.696.